The number of benzene rings is 1. The van der Waals surface area contributed by atoms with E-state index in [-0.39, 0.29) is 0 Å². The summed E-state index contributed by atoms with van der Waals surface area (Å²) in [6.07, 6.45) is 1.65. The summed E-state index contributed by atoms with van der Waals surface area (Å²) in [7, 11) is 0. The van der Waals surface area contributed by atoms with Gasteiger partial charge in [-0.2, -0.15) is 0 Å². The number of anilines is 2. The molecular formula is C20H23BrN6. The van der Waals surface area contributed by atoms with E-state index < -0.39 is 0 Å². The third kappa shape index (κ3) is 3.74. The van der Waals surface area contributed by atoms with Gasteiger partial charge in [0.25, 0.3) is 0 Å². The van der Waals surface area contributed by atoms with Gasteiger partial charge in [-0.15, -0.1) is 0 Å². The lowest BCUT2D eigenvalue weighted by atomic mass is 10.2. The van der Waals surface area contributed by atoms with Crippen molar-refractivity contribution >= 4 is 38.5 Å². The summed E-state index contributed by atoms with van der Waals surface area (Å²) in [5.74, 6) is 3.28. The number of aryl methyl sites for hydroxylation is 1. The molecule has 0 aliphatic carbocycles. The second-order valence-corrected chi connectivity index (χ2v) is 8.13. The maximum Gasteiger partial charge on any atom is 0.140 e. The van der Waals surface area contributed by atoms with E-state index in [1.807, 2.05) is 19.1 Å². The van der Waals surface area contributed by atoms with Crippen LogP contribution in [0.25, 0.3) is 10.9 Å². The van der Waals surface area contributed by atoms with Gasteiger partial charge in [0.05, 0.1) is 5.52 Å². The van der Waals surface area contributed by atoms with E-state index in [0.717, 1.165) is 64.7 Å². The van der Waals surface area contributed by atoms with Crippen LogP contribution < -0.4 is 9.80 Å². The quantitative estimate of drug-likeness (QED) is 0.631. The van der Waals surface area contributed by atoms with Crippen molar-refractivity contribution in [1.29, 1.82) is 0 Å². The molecule has 7 heteroatoms. The average Bonchev–Trinajstić information content (AvgIpc) is 2.67. The molecule has 0 spiro atoms. The summed E-state index contributed by atoms with van der Waals surface area (Å²) in [5, 5.41) is 1.08. The fraction of sp³-hybridized carbons (Fsp3) is 0.400. The third-order valence-electron chi connectivity index (χ3n) is 4.85. The zero-order valence-corrected chi connectivity index (χ0v) is 17.4. The van der Waals surface area contributed by atoms with Gasteiger partial charge in [0.15, 0.2) is 0 Å². The van der Waals surface area contributed by atoms with E-state index in [1.165, 1.54) is 0 Å². The van der Waals surface area contributed by atoms with Gasteiger partial charge in [-0.05, 0) is 25.1 Å². The molecule has 1 aromatic carbocycles. The minimum absolute atomic E-state index is 0.329. The summed E-state index contributed by atoms with van der Waals surface area (Å²) in [4.78, 5) is 23.0. The lowest BCUT2D eigenvalue weighted by Crippen LogP contribution is -2.47. The summed E-state index contributed by atoms with van der Waals surface area (Å²) in [5.41, 5.74) is 2.00. The van der Waals surface area contributed by atoms with E-state index in [4.69, 9.17) is 4.98 Å². The number of halogens is 1. The van der Waals surface area contributed by atoms with E-state index in [0.29, 0.717) is 5.92 Å². The van der Waals surface area contributed by atoms with E-state index in [2.05, 4.69) is 66.7 Å². The number of hydrogen-bond acceptors (Lipinski definition) is 6. The van der Waals surface area contributed by atoms with Crippen molar-refractivity contribution < 1.29 is 0 Å². The van der Waals surface area contributed by atoms with Crippen LogP contribution in [-0.2, 0) is 0 Å². The Morgan fingerprint density at radius 3 is 2.44 bits per heavy atom. The van der Waals surface area contributed by atoms with Crippen LogP contribution in [0.4, 0.5) is 11.6 Å². The maximum absolute atomic E-state index is 4.78. The topological polar surface area (TPSA) is 58.0 Å². The minimum atomic E-state index is 0.329. The molecule has 0 unspecified atom stereocenters. The van der Waals surface area contributed by atoms with Gasteiger partial charge in [-0.1, -0.05) is 29.8 Å². The van der Waals surface area contributed by atoms with Gasteiger partial charge in [0, 0.05) is 53.7 Å². The standard InChI is InChI=1S/C20H23BrN6/c1-13(2)19-24-14(3)10-18(25-19)26-6-8-27(9-7-26)20-16-11-15(21)4-5-17(16)22-12-23-20/h4-5,10-13H,6-9H2,1-3H3. The highest BCUT2D eigenvalue weighted by molar-refractivity contribution is 9.10. The Morgan fingerprint density at radius 2 is 1.70 bits per heavy atom. The highest BCUT2D eigenvalue weighted by atomic mass is 79.9. The molecule has 1 saturated heterocycles. The van der Waals surface area contributed by atoms with Crippen LogP contribution in [-0.4, -0.2) is 46.1 Å². The first kappa shape index (κ1) is 18.1. The molecule has 0 atom stereocenters. The van der Waals surface area contributed by atoms with Gasteiger partial charge in [0.1, 0.15) is 23.8 Å². The fourth-order valence-electron chi connectivity index (χ4n) is 3.41. The van der Waals surface area contributed by atoms with Crippen LogP contribution in [0, 0.1) is 6.92 Å². The summed E-state index contributed by atoms with van der Waals surface area (Å²) >= 11 is 3.56. The second kappa shape index (κ2) is 7.38. The van der Waals surface area contributed by atoms with Crippen molar-refractivity contribution in [2.45, 2.75) is 26.7 Å². The molecule has 0 saturated carbocycles. The van der Waals surface area contributed by atoms with Gasteiger partial charge >= 0.3 is 0 Å². The lowest BCUT2D eigenvalue weighted by Gasteiger charge is -2.36. The smallest absolute Gasteiger partial charge is 0.140 e. The number of rotatable bonds is 3. The van der Waals surface area contributed by atoms with Crippen LogP contribution >= 0.6 is 15.9 Å². The normalized spacial score (nSPS) is 15.0. The average molecular weight is 427 g/mol. The van der Waals surface area contributed by atoms with E-state index in [9.17, 15) is 0 Å². The summed E-state index contributed by atoms with van der Waals surface area (Å²) < 4.78 is 1.04. The SMILES string of the molecule is Cc1cc(N2CCN(c3ncnc4ccc(Br)cc34)CC2)nc(C(C)C)n1. The van der Waals surface area contributed by atoms with E-state index >= 15 is 0 Å². The van der Waals surface area contributed by atoms with E-state index in [1.54, 1.807) is 6.33 Å². The Balaban J connectivity index is 1.56. The Bertz CT molecular complexity index is 966. The molecule has 0 radical (unpaired) electrons. The molecule has 0 amide bonds. The summed E-state index contributed by atoms with van der Waals surface area (Å²) in [6, 6.07) is 8.22. The van der Waals surface area contributed by atoms with Crippen molar-refractivity contribution in [3.05, 3.63) is 46.6 Å². The Labute approximate surface area is 167 Å². The first-order valence-electron chi connectivity index (χ1n) is 9.27. The molecule has 3 heterocycles. The number of hydrogen-bond donors (Lipinski definition) is 0. The molecule has 1 fully saturated rings. The number of fused-ring (bicyclic) bond motifs is 1. The van der Waals surface area contributed by atoms with Gasteiger partial charge in [-0.25, -0.2) is 19.9 Å². The molecule has 0 bridgehead atoms. The summed E-state index contributed by atoms with van der Waals surface area (Å²) in [6.45, 7) is 9.93. The van der Waals surface area contributed by atoms with Crippen LogP contribution in [0.3, 0.4) is 0 Å². The Morgan fingerprint density at radius 1 is 0.963 bits per heavy atom. The van der Waals surface area contributed by atoms with Gasteiger partial charge in [-0.3, -0.25) is 0 Å². The molecule has 140 valence electrons. The maximum atomic E-state index is 4.78. The highest BCUT2D eigenvalue weighted by Crippen LogP contribution is 2.27. The number of piperazine rings is 1. The van der Waals surface area contributed by atoms with Crippen molar-refractivity contribution in [3.8, 4) is 0 Å². The molecule has 2 aromatic heterocycles. The lowest BCUT2D eigenvalue weighted by molar-refractivity contribution is 0.637. The molecule has 1 aliphatic heterocycles. The van der Waals surface area contributed by atoms with Crippen molar-refractivity contribution in [2.75, 3.05) is 36.0 Å². The second-order valence-electron chi connectivity index (χ2n) is 7.21. The largest absolute Gasteiger partial charge is 0.353 e. The van der Waals surface area contributed by atoms with Gasteiger partial charge < -0.3 is 9.80 Å². The van der Waals surface area contributed by atoms with Crippen LogP contribution in [0.1, 0.15) is 31.3 Å². The van der Waals surface area contributed by atoms with Crippen molar-refractivity contribution in [1.82, 2.24) is 19.9 Å². The predicted molar refractivity (Wildman–Crippen MR) is 113 cm³/mol. The fourth-order valence-corrected chi connectivity index (χ4v) is 3.77. The first-order chi connectivity index (χ1) is 13.0. The van der Waals surface area contributed by atoms with Gasteiger partial charge in [0.2, 0.25) is 0 Å². The minimum Gasteiger partial charge on any atom is -0.353 e. The predicted octanol–water partition coefficient (Wildman–Crippen LogP) is 3.94. The van der Waals surface area contributed by atoms with Crippen molar-refractivity contribution in [3.63, 3.8) is 0 Å². The molecular weight excluding hydrogens is 404 g/mol. The Kier molecular flexibility index (Phi) is 4.95. The first-order valence-corrected chi connectivity index (χ1v) is 10.1. The Hall–Kier alpha value is -2.28. The molecule has 0 N–H and O–H groups in total. The van der Waals surface area contributed by atoms with Crippen LogP contribution in [0.2, 0.25) is 0 Å². The molecule has 1 aliphatic rings. The molecule has 3 aromatic rings. The third-order valence-corrected chi connectivity index (χ3v) is 5.35. The zero-order chi connectivity index (χ0) is 19.0. The monoisotopic (exact) mass is 426 g/mol. The number of nitrogens with zero attached hydrogens (tertiary/aromatic N) is 6. The molecule has 6 nitrogen and oxygen atoms in total. The highest BCUT2D eigenvalue weighted by Gasteiger charge is 2.22. The van der Waals surface area contributed by atoms with Crippen LogP contribution in [0.5, 0.6) is 0 Å². The number of aromatic nitrogens is 4. The molecule has 27 heavy (non-hydrogen) atoms. The van der Waals surface area contributed by atoms with Crippen molar-refractivity contribution in [2.24, 2.45) is 0 Å². The van der Waals surface area contributed by atoms with Crippen LogP contribution in [0.15, 0.2) is 35.1 Å². The molecule has 4 rings (SSSR count). The zero-order valence-electron chi connectivity index (χ0n) is 15.9.